The van der Waals surface area contributed by atoms with Gasteiger partial charge in [0.05, 0.1) is 23.7 Å². The van der Waals surface area contributed by atoms with E-state index in [9.17, 15) is 14.4 Å². The molecule has 1 aliphatic carbocycles. The Hall–Kier alpha value is -3.81. The summed E-state index contributed by atoms with van der Waals surface area (Å²) in [6.45, 7) is 0.410. The van der Waals surface area contributed by atoms with Crippen molar-refractivity contribution in [2.75, 3.05) is 0 Å². The van der Waals surface area contributed by atoms with Crippen molar-refractivity contribution < 1.29 is 14.4 Å². The molecule has 168 valence electrons. The largest absolute Gasteiger partial charge is 0.343 e. The number of rotatable bonds is 6. The molecule has 5 rings (SSSR count). The van der Waals surface area contributed by atoms with Gasteiger partial charge in [0.25, 0.3) is 17.7 Å². The molecule has 3 aromatic rings. The molecular formula is C25H25N5O3. The van der Waals surface area contributed by atoms with Crippen molar-refractivity contribution in [3.63, 3.8) is 0 Å². The van der Waals surface area contributed by atoms with Crippen LogP contribution in [0, 0.1) is 0 Å². The summed E-state index contributed by atoms with van der Waals surface area (Å²) < 4.78 is 1.66. The molecule has 1 fully saturated rings. The van der Waals surface area contributed by atoms with Gasteiger partial charge in [-0.1, -0.05) is 49.6 Å². The first-order valence-corrected chi connectivity index (χ1v) is 11.3. The molecular weight excluding hydrogens is 418 g/mol. The first-order chi connectivity index (χ1) is 16.1. The molecule has 2 heterocycles. The normalized spacial score (nSPS) is 17.2. The fraction of sp³-hybridized carbons (Fsp3) is 0.320. The fourth-order valence-corrected chi connectivity index (χ4v) is 4.75. The van der Waals surface area contributed by atoms with Gasteiger partial charge in [0.2, 0.25) is 0 Å². The average molecular weight is 444 g/mol. The minimum atomic E-state index is -0.343. The lowest BCUT2D eigenvalue weighted by atomic mass is 9.94. The van der Waals surface area contributed by atoms with E-state index in [4.69, 9.17) is 0 Å². The third kappa shape index (κ3) is 4.16. The van der Waals surface area contributed by atoms with Gasteiger partial charge in [0.15, 0.2) is 0 Å². The molecule has 2 aliphatic rings. The van der Waals surface area contributed by atoms with Crippen LogP contribution in [-0.2, 0) is 6.54 Å². The van der Waals surface area contributed by atoms with Gasteiger partial charge in [-0.15, -0.1) is 0 Å². The van der Waals surface area contributed by atoms with Crippen LogP contribution in [0.25, 0.3) is 0 Å². The summed E-state index contributed by atoms with van der Waals surface area (Å²) >= 11 is 0. The van der Waals surface area contributed by atoms with Crippen LogP contribution in [0.1, 0.15) is 74.8 Å². The van der Waals surface area contributed by atoms with Crippen LogP contribution < -0.4 is 5.32 Å². The molecule has 1 N–H and O–H groups in total. The van der Waals surface area contributed by atoms with Crippen LogP contribution in [0.4, 0.5) is 0 Å². The Morgan fingerprint density at radius 2 is 1.76 bits per heavy atom. The third-order valence-corrected chi connectivity index (χ3v) is 6.46. The second-order valence-corrected chi connectivity index (χ2v) is 8.59. The molecule has 0 spiro atoms. The van der Waals surface area contributed by atoms with Crippen molar-refractivity contribution in [3.05, 3.63) is 83.4 Å². The van der Waals surface area contributed by atoms with E-state index in [0.29, 0.717) is 23.2 Å². The van der Waals surface area contributed by atoms with E-state index in [2.05, 4.69) is 15.4 Å². The number of aromatic nitrogens is 3. The number of fused-ring (bicyclic) bond motifs is 1. The summed E-state index contributed by atoms with van der Waals surface area (Å²) in [7, 11) is 0. The first kappa shape index (κ1) is 21.1. The van der Waals surface area contributed by atoms with Crippen molar-refractivity contribution in [1.82, 2.24) is 25.0 Å². The lowest BCUT2D eigenvalue weighted by Gasteiger charge is -2.29. The van der Waals surface area contributed by atoms with Gasteiger partial charge in [-0.3, -0.25) is 24.0 Å². The van der Waals surface area contributed by atoms with Gasteiger partial charge in [0.1, 0.15) is 12.7 Å². The highest BCUT2D eigenvalue weighted by Gasteiger charge is 2.40. The van der Waals surface area contributed by atoms with E-state index in [0.717, 1.165) is 37.7 Å². The summed E-state index contributed by atoms with van der Waals surface area (Å²) in [5.41, 5.74) is 1.97. The lowest BCUT2D eigenvalue weighted by molar-refractivity contribution is 0.0548. The lowest BCUT2D eigenvalue weighted by Crippen LogP contribution is -2.40. The molecule has 8 heteroatoms. The van der Waals surface area contributed by atoms with Crippen LogP contribution >= 0.6 is 0 Å². The minimum Gasteiger partial charge on any atom is -0.343 e. The minimum absolute atomic E-state index is 0.0476. The topological polar surface area (TPSA) is 97.2 Å². The molecule has 1 saturated carbocycles. The Morgan fingerprint density at radius 3 is 2.48 bits per heavy atom. The van der Waals surface area contributed by atoms with Crippen molar-refractivity contribution in [1.29, 1.82) is 0 Å². The van der Waals surface area contributed by atoms with Crippen molar-refractivity contribution in [3.8, 4) is 0 Å². The number of hydrogen-bond donors (Lipinski definition) is 1. The second-order valence-electron chi connectivity index (χ2n) is 8.59. The number of amides is 3. The van der Waals surface area contributed by atoms with Crippen LogP contribution in [-0.4, -0.2) is 43.4 Å². The zero-order chi connectivity index (χ0) is 22.8. The van der Waals surface area contributed by atoms with Crippen molar-refractivity contribution in [2.24, 2.45) is 0 Å². The maximum absolute atomic E-state index is 13.2. The highest BCUT2D eigenvalue weighted by atomic mass is 16.2. The van der Waals surface area contributed by atoms with E-state index < -0.39 is 0 Å². The van der Waals surface area contributed by atoms with E-state index in [1.807, 2.05) is 30.3 Å². The fourth-order valence-electron chi connectivity index (χ4n) is 4.75. The van der Waals surface area contributed by atoms with Crippen molar-refractivity contribution in [2.45, 2.75) is 50.7 Å². The quantitative estimate of drug-likeness (QED) is 0.589. The number of nitrogens with zero attached hydrogens (tertiary/aromatic N) is 4. The van der Waals surface area contributed by atoms with Crippen LogP contribution in [0.15, 0.2) is 61.2 Å². The van der Waals surface area contributed by atoms with E-state index in [-0.39, 0.29) is 29.8 Å². The zero-order valence-electron chi connectivity index (χ0n) is 18.2. The Morgan fingerprint density at radius 1 is 1.00 bits per heavy atom. The van der Waals surface area contributed by atoms with E-state index in [1.165, 1.54) is 11.2 Å². The Bertz CT molecular complexity index is 1170. The molecule has 0 bridgehead atoms. The second kappa shape index (κ2) is 8.97. The Kier molecular flexibility index (Phi) is 5.73. The number of hydrogen-bond acceptors (Lipinski definition) is 5. The summed E-state index contributed by atoms with van der Waals surface area (Å²) in [6, 6.07) is 14.0. The summed E-state index contributed by atoms with van der Waals surface area (Å²) in [5, 5.41) is 7.19. The third-order valence-electron chi connectivity index (χ3n) is 6.46. The SMILES string of the molecule is O=C(NC(Cn1cncn1)c1ccccc1)c1ccc2c(c1)C(=O)N(C1CCCCC1)C2=O. The highest BCUT2D eigenvalue weighted by molar-refractivity contribution is 6.22. The number of carbonyl (C=O) groups is 3. The van der Waals surface area contributed by atoms with Gasteiger partial charge in [-0.2, -0.15) is 5.10 Å². The van der Waals surface area contributed by atoms with Gasteiger partial charge in [-0.25, -0.2) is 4.98 Å². The smallest absolute Gasteiger partial charge is 0.261 e. The van der Waals surface area contributed by atoms with Gasteiger partial charge in [-0.05, 0) is 36.6 Å². The molecule has 2 aromatic carbocycles. The molecule has 8 nitrogen and oxygen atoms in total. The summed E-state index contributed by atoms with van der Waals surface area (Å²) in [4.78, 5) is 44.5. The van der Waals surface area contributed by atoms with Crippen molar-refractivity contribution >= 4 is 17.7 Å². The predicted octanol–water partition coefficient (Wildman–Crippen LogP) is 3.38. The average Bonchev–Trinajstić information content (AvgIpc) is 3.45. The summed E-state index contributed by atoms with van der Waals surface area (Å²) in [5.74, 6) is -0.857. The molecule has 1 unspecified atom stereocenters. The molecule has 1 atom stereocenters. The first-order valence-electron chi connectivity index (χ1n) is 11.3. The number of carbonyl (C=O) groups excluding carboxylic acids is 3. The van der Waals surface area contributed by atoms with Gasteiger partial charge < -0.3 is 5.32 Å². The van der Waals surface area contributed by atoms with Gasteiger partial charge >= 0.3 is 0 Å². The summed E-state index contributed by atoms with van der Waals surface area (Å²) in [6.07, 6.45) is 7.93. The standard InChI is InChI=1S/C25H25N5O3/c31-23(28-22(14-29-16-26-15-27-29)17-7-3-1-4-8-17)18-11-12-20-21(13-18)25(33)30(24(20)32)19-9-5-2-6-10-19/h1,3-4,7-8,11-13,15-16,19,22H,2,5-6,9-10,14H2,(H,28,31). The zero-order valence-corrected chi connectivity index (χ0v) is 18.2. The molecule has 0 saturated heterocycles. The molecule has 3 amide bonds. The molecule has 1 aromatic heterocycles. The van der Waals surface area contributed by atoms with Crippen LogP contribution in [0.5, 0.6) is 0 Å². The highest BCUT2D eigenvalue weighted by Crippen LogP contribution is 2.31. The number of imide groups is 1. The van der Waals surface area contributed by atoms with Crippen LogP contribution in [0.2, 0.25) is 0 Å². The maximum Gasteiger partial charge on any atom is 0.261 e. The Labute approximate surface area is 191 Å². The Balaban J connectivity index is 1.38. The van der Waals surface area contributed by atoms with E-state index >= 15 is 0 Å². The van der Waals surface area contributed by atoms with Gasteiger partial charge in [0, 0.05) is 11.6 Å². The molecule has 33 heavy (non-hydrogen) atoms. The van der Waals surface area contributed by atoms with Crippen LogP contribution in [0.3, 0.4) is 0 Å². The predicted molar refractivity (Wildman–Crippen MR) is 120 cm³/mol. The monoisotopic (exact) mass is 443 g/mol. The van der Waals surface area contributed by atoms with E-state index in [1.54, 1.807) is 29.2 Å². The molecule has 1 aliphatic heterocycles. The number of nitrogens with one attached hydrogen (secondary N) is 1. The number of benzene rings is 2. The molecule has 0 radical (unpaired) electrons. The maximum atomic E-state index is 13.2.